The van der Waals surface area contributed by atoms with Gasteiger partial charge in [-0.15, -0.1) is 0 Å². The summed E-state index contributed by atoms with van der Waals surface area (Å²) in [6.45, 7) is 0. The molecule has 26 heavy (non-hydrogen) atoms. The molecule has 0 radical (unpaired) electrons. The Morgan fingerprint density at radius 3 is 1.96 bits per heavy atom. The number of hydrogen-bond donors (Lipinski definition) is 1. The van der Waals surface area contributed by atoms with Crippen LogP contribution in [0.1, 0.15) is 0 Å². The highest BCUT2D eigenvalue weighted by Gasteiger charge is 2.15. The largest absolute Gasteiger partial charge is 0.497 e. The zero-order chi connectivity index (χ0) is 18.9. The molecule has 0 saturated heterocycles. The average molecular weight is 375 g/mol. The summed E-state index contributed by atoms with van der Waals surface area (Å²) in [4.78, 5) is -0.0632. The summed E-state index contributed by atoms with van der Waals surface area (Å²) < 4.78 is 55.7. The molecule has 0 atom stereocenters. The van der Waals surface area contributed by atoms with Gasteiger partial charge in [0.1, 0.15) is 5.75 Å². The van der Waals surface area contributed by atoms with Gasteiger partial charge in [-0.2, -0.15) is 0 Å². The molecule has 4 nitrogen and oxygen atoms in total. The maximum absolute atomic E-state index is 13.9. The second kappa shape index (κ2) is 6.86. The smallest absolute Gasteiger partial charge is 0.238 e. The van der Waals surface area contributed by atoms with Crippen LogP contribution >= 0.6 is 0 Å². The molecule has 0 bridgehead atoms. The van der Waals surface area contributed by atoms with E-state index in [4.69, 9.17) is 9.88 Å². The summed E-state index contributed by atoms with van der Waals surface area (Å²) in [5.41, 5.74) is 2.02. The quantitative estimate of drug-likeness (QED) is 0.751. The van der Waals surface area contributed by atoms with Gasteiger partial charge in [0.15, 0.2) is 11.6 Å². The van der Waals surface area contributed by atoms with Gasteiger partial charge in [0, 0.05) is 0 Å². The highest BCUT2D eigenvalue weighted by molar-refractivity contribution is 7.89. The molecule has 2 N–H and O–H groups in total. The molecule has 3 aromatic carbocycles. The van der Waals surface area contributed by atoms with Gasteiger partial charge in [-0.3, -0.25) is 0 Å². The Bertz CT molecular complexity index is 1060. The normalized spacial score (nSPS) is 11.4. The van der Waals surface area contributed by atoms with Crippen LogP contribution in [0.4, 0.5) is 8.78 Å². The van der Waals surface area contributed by atoms with Crippen LogP contribution in [0.2, 0.25) is 0 Å². The summed E-state index contributed by atoms with van der Waals surface area (Å²) in [7, 11) is -2.33. The monoisotopic (exact) mass is 375 g/mol. The Kier molecular flexibility index (Phi) is 4.76. The Labute approximate surface area is 149 Å². The lowest BCUT2D eigenvalue weighted by Gasteiger charge is -2.13. The second-order valence-electron chi connectivity index (χ2n) is 5.61. The molecule has 0 aliphatic heterocycles. The van der Waals surface area contributed by atoms with E-state index in [-0.39, 0.29) is 4.90 Å². The molecule has 3 aromatic rings. The van der Waals surface area contributed by atoms with Crippen LogP contribution in [0.5, 0.6) is 5.75 Å². The molecule has 0 unspecified atom stereocenters. The van der Waals surface area contributed by atoms with Crippen LogP contribution in [0.3, 0.4) is 0 Å². The molecular weight excluding hydrogens is 360 g/mol. The van der Waals surface area contributed by atoms with Crippen molar-refractivity contribution in [2.45, 2.75) is 4.90 Å². The zero-order valence-electron chi connectivity index (χ0n) is 13.7. The molecule has 0 amide bonds. The third-order valence-corrected chi connectivity index (χ3v) is 4.86. The maximum atomic E-state index is 13.9. The van der Waals surface area contributed by atoms with Gasteiger partial charge in [0.05, 0.1) is 12.0 Å². The summed E-state index contributed by atoms with van der Waals surface area (Å²) in [6, 6.07) is 14.7. The molecule has 0 fully saturated rings. The maximum Gasteiger partial charge on any atom is 0.238 e. The third-order valence-electron chi connectivity index (χ3n) is 3.94. The van der Waals surface area contributed by atoms with Crippen LogP contribution < -0.4 is 9.88 Å². The van der Waals surface area contributed by atoms with Gasteiger partial charge < -0.3 is 4.74 Å². The molecule has 7 heteroatoms. The SMILES string of the molecule is COc1cccc(-c2cc(F)c(F)cc2-c2ccc(S(N)(=O)=O)cc2)c1. The minimum atomic E-state index is -3.84. The first-order valence-corrected chi connectivity index (χ1v) is 9.11. The van der Waals surface area contributed by atoms with E-state index in [2.05, 4.69) is 0 Å². The number of hydrogen-bond acceptors (Lipinski definition) is 3. The summed E-state index contributed by atoms with van der Waals surface area (Å²) in [5.74, 6) is -1.40. The fourth-order valence-electron chi connectivity index (χ4n) is 2.64. The van der Waals surface area contributed by atoms with E-state index in [1.54, 1.807) is 24.3 Å². The number of benzene rings is 3. The van der Waals surface area contributed by atoms with E-state index in [9.17, 15) is 17.2 Å². The van der Waals surface area contributed by atoms with Crippen molar-refractivity contribution in [1.82, 2.24) is 0 Å². The van der Waals surface area contributed by atoms with Crippen molar-refractivity contribution in [3.63, 3.8) is 0 Å². The number of ether oxygens (including phenoxy) is 1. The summed E-state index contributed by atoms with van der Waals surface area (Å²) >= 11 is 0. The van der Waals surface area contributed by atoms with Crippen molar-refractivity contribution >= 4 is 10.0 Å². The van der Waals surface area contributed by atoms with E-state index in [1.165, 1.54) is 31.4 Å². The number of nitrogens with two attached hydrogens (primary N) is 1. The van der Waals surface area contributed by atoms with E-state index in [0.717, 1.165) is 12.1 Å². The minimum absolute atomic E-state index is 0.0632. The van der Waals surface area contributed by atoms with Gasteiger partial charge in [0.25, 0.3) is 0 Å². The summed E-state index contributed by atoms with van der Waals surface area (Å²) in [5, 5.41) is 5.09. The van der Waals surface area contributed by atoms with Crippen molar-refractivity contribution in [2.75, 3.05) is 7.11 Å². The second-order valence-corrected chi connectivity index (χ2v) is 7.17. The van der Waals surface area contributed by atoms with E-state index in [1.807, 2.05) is 0 Å². The lowest BCUT2D eigenvalue weighted by Crippen LogP contribution is -2.11. The third kappa shape index (κ3) is 3.58. The first-order chi connectivity index (χ1) is 12.3. The minimum Gasteiger partial charge on any atom is -0.497 e. The molecule has 0 aliphatic carbocycles. The van der Waals surface area contributed by atoms with Gasteiger partial charge in [-0.05, 0) is 58.7 Å². The Hall–Kier alpha value is -2.77. The van der Waals surface area contributed by atoms with E-state index < -0.39 is 21.7 Å². The fraction of sp³-hybridized carbons (Fsp3) is 0.0526. The molecule has 134 valence electrons. The molecule has 0 aliphatic rings. The topological polar surface area (TPSA) is 69.4 Å². The van der Waals surface area contributed by atoms with Crippen molar-refractivity contribution in [3.8, 4) is 28.0 Å². The van der Waals surface area contributed by atoms with E-state index >= 15 is 0 Å². The Balaban J connectivity index is 2.19. The van der Waals surface area contributed by atoms with Crippen LogP contribution in [0, 0.1) is 11.6 Å². The van der Waals surface area contributed by atoms with Crippen molar-refractivity contribution in [3.05, 3.63) is 72.3 Å². The van der Waals surface area contributed by atoms with Crippen LogP contribution in [-0.2, 0) is 10.0 Å². The molecular formula is C19H15F2NO3S. The van der Waals surface area contributed by atoms with Gasteiger partial charge in [0.2, 0.25) is 10.0 Å². The molecule has 3 rings (SSSR count). The van der Waals surface area contributed by atoms with Crippen molar-refractivity contribution < 1.29 is 21.9 Å². The Morgan fingerprint density at radius 1 is 0.846 bits per heavy atom. The summed E-state index contributed by atoms with van der Waals surface area (Å²) in [6.07, 6.45) is 0. The predicted molar refractivity (Wildman–Crippen MR) is 95.2 cm³/mol. The first-order valence-electron chi connectivity index (χ1n) is 7.56. The number of primary sulfonamides is 1. The van der Waals surface area contributed by atoms with Gasteiger partial charge >= 0.3 is 0 Å². The molecule has 0 heterocycles. The van der Waals surface area contributed by atoms with Gasteiger partial charge in [-0.1, -0.05) is 24.3 Å². The predicted octanol–water partition coefficient (Wildman–Crippen LogP) is 3.95. The first kappa shape index (κ1) is 18.0. The van der Waals surface area contributed by atoms with Crippen molar-refractivity contribution in [2.24, 2.45) is 5.14 Å². The molecule has 0 aromatic heterocycles. The van der Waals surface area contributed by atoms with Crippen molar-refractivity contribution in [1.29, 1.82) is 0 Å². The highest BCUT2D eigenvalue weighted by atomic mass is 32.2. The Morgan fingerprint density at radius 2 is 1.42 bits per heavy atom. The van der Waals surface area contributed by atoms with Crippen LogP contribution in [0.15, 0.2) is 65.6 Å². The standard InChI is InChI=1S/C19H15F2NO3S/c1-25-14-4-2-3-13(9-14)17-11-19(21)18(20)10-16(17)12-5-7-15(8-6-12)26(22,23)24/h2-11H,1H3,(H2,22,23,24). The lowest BCUT2D eigenvalue weighted by atomic mass is 9.94. The van der Waals surface area contributed by atoms with E-state index in [0.29, 0.717) is 28.0 Å². The molecule has 0 spiro atoms. The number of halogens is 2. The lowest BCUT2D eigenvalue weighted by molar-refractivity contribution is 0.415. The number of rotatable bonds is 4. The average Bonchev–Trinajstić information content (AvgIpc) is 2.63. The van der Waals surface area contributed by atoms with Crippen LogP contribution in [-0.4, -0.2) is 15.5 Å². The van der Waals surface area contributed by atoms with Gasteiger partial charge in [-0.25, -0.2) is 22.3 Å². The number of sulfonamides is 1. The number of methoxy groups -OCH3 is 1. The molecule has 0 saturated carbocycles. The van der Waals surface area contributed by atoms with Crippen LogP contribution in [0.25, 0.3) is 22.3 Å². The highest BCUT2D eigenvalue weighted by Crippen LogP contribution is 2.35. The fourth-order valence-corrected chi connectivity index (χ4v) is 3.15. The zero-order valence-corrected chi connectivity index (χ0v) is 14.6.